The van der Waals surface area contributed by atoms with Crippen LogP contribution >= 0.6 is 11.6 Å². The van der Waals surface area contributed by atoms with Crippen LogP contribution < -0.4 is 9.80 Å². The van der Waals surface area contributed by atoms with Crippen LogP contribution in [0.5, 0.6) is 0 Å². The second-order valence-corrected chi connectivity index (χ2v) is 9.68. The first-order valence-electron chi connectivity index (χ1n) is 12.3. The first-order valence-corrected chi connectivity index (χ1v) is 12.7. The molecule has 2 heterocycles. The number of anilines is 2. The molecular weight excluding hydrogens is 526 g/mol. The van der Waals surface area contributed by atoms with Gasteiger partial charge in [0.2, 0.25) is 0 Å². The van der Waals surface area contributed by atoms with Crippen molar-refractivity contribution in [3.63, 3.8) is 0 Å². The van der Waals surface area contributed by atoms with E-state index in [2.05, 4.69) is 0 Å². The van der Waals surface area contributed by atoms with Gasteiger partial charge in [0.1, 0.15) is 12.3 Å². The van der Waals surface area contributed by atoms with Crippen LogP contribution in [-0.4, -0.2) is 49.0 Å². The van der Waals surface area contributed by atoms with Crippen molar-refractivity contribution in [3.05, 3.63) is 98.1 Å². The van der Waals surface area contributed by atoms with Crippen molar-refractivity contribution in [3.8, 4) is 0 Å². The molecule has 2 aliphatic heterocycles. The maximum atomic E-state index is 13.2. The molecule has 10 nitrogen and oxygen atoms in total. The second-order valence-electron chi connectivity index (χ2n) is 9.24. The number of carbonyl (C=O) groups is 3. The van der Waals surface area contributed by atoms with Crippen molar-refractivity contribution >= 4 is 46.5 Å². The third kappa shape index (κ3) is 5.03. The van der Waals surface area contributed by atoms with E-state index in [4.69, 9.17) is 21.1 Å². The van der Waals surface area contributed by atoms with Crippen LogP contribution in [0.3, 0.4) is 0 Å². The van der Waals surface area contributed by atoms with Crippen molar-refractivity contribution in [1.29, 1.82) is 0 Å². The number of nitro groups is 1. The molecular formula is C28H24ClN3O7. The number of cyclic esters (lactones) is 1. The Bertz CT molecular complexity index is 1480. The van der Waals surface area contributed by atoms with Crippen molar-refractivity contribution in [2.75, 3.05) is 30.0 Å². The summed E-state index contributed by atoms with van der Waals surface area (Å²) in [6, 6.07) is 15.6. The highest BCUT2D eigenvalue weighted by Gasteiger charge is 2.35. The number of methoxy groups -OCH3 is 1. The van der Waals surface area contributed by atoms with E-state index in [0.29, 0.717) is 36.6 Å². The van der Waals surface area contributed by atoms with Gasteiger partial charge in [-0.05, 0) is 43.2 Å². The Kier molecular flexibility index (Phi) is 7.21. The largest absolute Gasteiger partial charge is 0.465 e. The number of hydrogen-bond donors (Lipinski definition) is 0. The molecule has 0 aromatic heterocycles. The van der Waals surface area contributed by atoms with Gasteiger partial charge in [0.05, 0.1) is 23.3 Å². The Morgan fingerprint density at radius 1 is 1.03 bits per heavy atom. The maximum Gasteiger partial charge on any atom is 0.414 e. The number of rotatable bonds is 6. The average Bonchev–Trinajstić information content (AvgIpc) is 2.96. The lowest BCUT2D eigenvalue weighted by molar-refractivity contribution is -0.384. The van der Waals surface area contributed by atoms with Gasteiger partial charge < -0.3 is 14.4 Å². The number of esters is 1. The summed E-state index contributed by atoms with van der Waals surface area (Å²) < 4.78 is 10.1. The van der Waals surface area contributed by atoms with Gasteiger partial charge in [-0.15, -0.1) is 0 Å². The fourth-order valence-corrected chi connectivity index (χ4v) is 5.27. The van der Waals surface area contributed by atoms with Crippen LogP contribution in [0, 0.1) is 10.1 Å². The second kappa shape index (κ2) is 10.7. The highest BCUT2D eigenvalue weighted by molar-refractivity contribution is 6.31. The van der Waals surface area contributed by atoms with Crippen LogP contribution in [0.4, 0.5) is 21.9 Å². The molecule has 0 spiro atoms. The van der Waals surface area contributed by atoms with E-state index < -0.39 is 22.8 Å². The third-order valence-corrected chi connectivity index (χ3v) is 7.27. The van der Waals surface area contributed by atoms with Gasteiger partial charge in [0.25, 0.3) is 5.69 Å². The minimum atomic E-state index is -0.671. The summed E-state index contributed by atoms with van der Waals surface area (Å²) in [7, 11) is 1.22. The molecule has 0 radical (unpaired) electrons. The average molecular weight is 550 g/mol. The number of benzene rings is 3. The number of hydrogen-bond acceptors (Lipinski definition) is 8. The van der Waals surface area contributed by atoms with Gasteiger partial charge in [-0.25, -0.2) is 9.59 Å². The molecule has 3 aromatic carbocycles. The first kappa shape index (κ1) is 26.2. The molecule has 0 atom stereocenters. The van der Waals surface area contributed by atoms with E-state index in [-0.39, 0.29) is 35.0 Å². The molecule has 2 aliphatic rings. The summed E-state index contributed by atoms with van der Waals surface area (Å²) in [6.07, 6.45) is 0.654. The SMILES string of the molecule is COC(=O)c1ccccc1C(=O)c1ccc(N2CCC(N3C(=O)OCc4ccc(Cl)cc43)CC2)c([N+](=O)[O-])c1. The molecule has 200 valence electrons. The molecule has 0 saturated carbocycles. The fourth-order valence-electron chi connectivity index (χ4n) is 5.10. The number of nitrogens with zero attached hydrogens (tertiary/aromatic N) is 3. The monoisotopic (exact) mass is 549 g/mol. The van der Waals surface area contributed by atoms with E-state index in [0.717, 1.165) is 11.3 Å². The molecule has 1 fully saturated rings. The van der Waals surface area contributed by atoms with Crippen LogP contribution in [-0.2, 0) is 16.1 Å². The first-order chi connectivity index (χ1) is 18.8. The molecule has 5 rings (SSSR count). The zero-order chi connectivity index (χ0) is 27.7. The Morgan fingerprint density at radius 3 is 2.44 bits per heavy atom. The van der Waals surface area contributed by atoms with Crippen molar-refractivity contribution in [2.24, 2.45) is 0 Å². The van der Waals surface area contributed by atoms with Crippen molar-refractivity contribution in [1.82, 2.24) is 0 Å². The molecule has 0 unspecified atom stereocenters. The molecule has 3 aromatic rings. The molecule has 39 heavy (non-hydrogen) atoms. The summed E-state index contributed by atoms with van der Waals surface area (Å²) >= 11 is 6.19. The molecule has 11 heteroatoms. The van der Waals surface area contributed by atoms with Gasteiger partial charge in [-0.3, -0.25) is 19.8 Å². The molecule has 1 amide bonds. The van der Waals surface area contributed by atoms with Crippen LogP contribution in [0.25, 0.3) is 0 Å². The lowest BCUT2D eigenvalue weighted by Crippen LogP contribution is -2.49. The van der Waals surface area contributed by atoms with Crippen LogP contribution in [0.2, 0.25) is 5.02 Å². The Hall–Kier alpha value is -4.44. The van der Waals surface area contributed by atoms with Gasteiger partial charge in [-0.2, -0.15) is 0 Å². The number of ketones is 1. The summed E-state index contributed by atoms with van der Waals surface area (Å²) in [5.41, 5.74) is 2.01. The minimum Gasteiger partial charge on any atom is -0.465 e. The number of halogens is 1. The smallest absolute Gasteiger partial charge is 0.414 e. The summed E-state index contributed by atoms with van der Waals surface area (Å²) in [5, 5.41) is 12.6. The van der Waals surface area contributed by atoms with E-state index in [9.17, 15) is 24.5 Å². The normalized spacial score (nSPS) is 15.4. The highest BCUT2D eigenvalue weighted by Crippen LogP contribution is 2.37. The lowest BCUT2D eigenvalue weighted by Gasteiger charge is -2.40. The quantitative estimate of drug-likeness (QED) is 0.174. The van der Waals surface area contributed by atoms with Gasteiger partial charge >= 0.3 is 12.1 Å². The summed E-state index contributed by atoms with van der Waals surface area (Å²) in [5.74, 6) is -1.19. The predicted octanol–water partition coefficient (Wildman–Crippen LogP) is 5.39. The fraction of sp³-hybridized carbons (Fsp3) is 0.250. The molecule has 1 saturated heterocycles. The van der Waals surface area contributed by atoms with Crippen LogP contribution in [0.1, 0.15) is 44.7 Å². The van der Waals surface area contributed by atoms with Crippen molar-refractivity contribution in [2.45, 2.75) is 25.5 Å². The van der Waals surface area contributed by atoms with Crippen LogP contribution in [0.15, 0.2) is 60.7 Å². The summed E-state index contributed by atoms with van der Waals surface area (Å²) in [4.78, 5) is 53.0. The number of piperidine rings is 1. The van der Waals surface area contributed by atoms with Gasteiger partial charge in [-0.1, -0.05) is 35.9 Å². The standard InChI is InChI=1S/C28H24ClN3O7/c1-38-27(34)22-5-3-2-4-21(22)26(33)17-7-9-23(25(14-17)32(36)37)30-12-10-20(11-13-30)31-24-15-19(29)8-6-18(24)16-39-28(31)35/h2-9,14-15,20H,10-13,16H2,1H3. The number of amides is 1. The van der Waals surface area contributed by atoms with Crippen molar-refractivity contribution < 1.29 is 28.8 Å². The third-order valence-electron chi connectivity index (χ3n) is 7.04. The van der Waals surface area contributed by atoms with E-state index in [1.807, 2.05) is 11.0 Å². The Labute approximate surface area is 228 Å². The topological polar surface area (TPSA) is 119 Å². The highest BCUT2D eigenvalue weighted by atomic mass is 35.5. The Morgan fingerprint density at radius 2 is 1.74 bits per heavy atom. The zero-order valence-electron chi connectivity index (χ0n) is 21.0. The van der Waals surface area contributed by atoms with E-state index in [1.165, 1.54) is 31.4 Å². The number of carbonyl (C=O) groups excluding carboxylic acids is 3. The molecule has 0 N–H and O–H groups in total. The summed E-state index contributed by atoms with van der Waals surface area (Å²) in [6.45, 7) is 1.08. The number of fused-ring (bicyclic) bond motifs is 1. The van der Waals surface area contributed by atoms with Gasteiger partial charge in [0, 0.05) is 46.9 Å². The molecule has 0 aliphatic carbocycles. The van der Waals surface area contributed by atoms with E-state index in [1.54, 1.807) is 35.2 Å². The zero-order valence-corrected chi connectivity index (χ0v) is 21.7. The number of ether oxygens (including phenoxy) is 2. The predicted molar refractivity (Wildman–Crippen MR) is 144 cm³/mol. The maximum absolute atomic E-state index is 13.2. The number of nitro benzene ring substituents is 1. The van der Waals surface area contributed by atoms with Gasteiger partial charge in [0.15, 0.2) is 5.78 Å². The Balaban J connectivity index is 1.38. The molecule has 0 bridgehead atoms. The minimum absolute atomic E-state index is 0.0814. The van der Waals surface area contributed by atoms with E-state index >= 15 is 0 Å². The lowest BCUT2D eigenvalue weighted by atomic mass is 9.96.